The van der Waals surface area contributed by atoms with Crippen molar-refractivity contribution in [1.82, 2.24) is 4.98 Å². The molecule has 0 bridgehead atoms. The Labute approximate surface area is 133 Å². The van der Waals surface area contributed by atoms with Crippen LogP contribution < -0.4 is 15.8 Å². The third-order valence-corrected chi connectivity index (χ3v) is 3.82. The zero-order chi connectivity index (χ0) is 16.4. The molecule has 0 aliphatic carbocycles. The Hall–Kier alpha value is -2.89. The average molecular weight is 311 g/mol. The van der Waals surface area contributed by atoms with E-state index in [1.165, 1.54) is 6.07 Å². The van der Waals surface area contributed by atoms with Crippen LogP contribution in [0.4, 0.5) is 11.4 Å². The van der Waals surface area contributed by atoms with Gasteiger partial charge in [0.2, 0.25) is 5.91 Å². The number of anilines is 2. The second-order valence-corrected chi connectivity index (χ2v) is 5.50. The molecule has 1 fully saturated rings. The molecule has 0 atom stereocenters. The lowest BCUT2D eigenvalue weighted by Crippen LogP contribution is -2.27. The largest absolute Gasteiger partial charge is 0.326 e. The van der Waals surface area contributed by atoms with E-state index in [4.69, 9.17) is 0 Å². The molecular weight excluding hydrogens is 294 g/mol. The first kappa shape index (κ1) is 15.0. The summed E-state index contributed by atoms with van der Waals surface area (Å²) in [5.41, 5.74) is 1.48. The maximum absolute atomic E-state index is 12.4. The van der Waals surface area contributed by atoms with Crippen molar-refractivity contribution in [2.45, 2.75) is 19.8 Å². The molecule has 0 unspecified atom stereocenters. The number of benzene rings is 1. The Bertz CT molecular complexity index is 826. The molecule has 118 valence electrons. The van der Waals surface area contributed by atoms with Crippen molar-refractivity contribution in [3.8, 4) is 0 Å². The van der Waals surface area contributed by atoms with Gasteiger partial charge in [-0.05, 0) is 37.6 Å². The maximum Gasteiger partial charge on any atom is 0.261 e. The van der Waals surface area contributed by atoms with E-state index in [1.54, 1.807) is 36.1 Å². The number of hydrogen-bond acceptors (Lipinski definition) is 3. The summed E-state index contributed by atoms with van der Waals surface area (Å²) >= 11 is 0. The fraction of sp³-hybridized carbons (Fsp3) is 0.235. The molecule has 2 N–H and O–H groups in total. The second-order valence-electron chi connectivity index (χ2n) is 5.50. The van der Waals surface area contributed by atoms with E-state index in [9.17, 15) is 14.4 Å². The first-order valence-corrected chi connectivity index (χ1v) is 7.47. The highest BCUT2D eigenvalue weighted by atomic mass is 16.2. The Balaban J connectivity index is 1.90. The van der Waals surface area contributed by atoms with E-state index in [0.717, 1.165) is 6.42 Å². The highest BCUT2D eigenvalue weighted by molar-refractivity contribution is 6.07. The number of pyridine rings is 1. The van der Waals surface area contributed by atoms with Crippen LogP contribution in [0.5, 0.6) is 0 Å². The summed E-state index contributed by atoms with van der Waals surface area (Å²) in [6.45, 7) is 2.38. The quantitative estimate of drug-likeness (QED) is 0.910. The normalized spacial score (nSPS) is 14.1. The van der Waals surface area contributed by atoms with E-state index >= 15 is 0 Å². The summed E-state index contributed by atoms with van der Waals surface area (Å²) in [5, 5.41) is 2.73. The molecule has 1 saturated heterocycles. The molecule has 2 heterocycles. The van der Waals surface area contributed by atoms with Crippen LogP contribution in [0.15, 0.2) is 41.2 Å². The van der Waals surface area contributed by atoms with E-state index in [0.29, 0.717) is 30.0 Å². The molecule has 1 aliphatic rings. The predicted octanol–water partition coefficient (Wildman–Crippen LogP) is 2.06. The van der Waals surface area contributed by atoms with Crippen molar-refractivity contribution in [3.05, 3.63) is 58.0 Å². The van der Waals surface area contributed by atoms with Crippen LogP contribution in [0.3, 0.4) is 0 Å². The van der Waals surface area contributed by atoms with Crippen molar-refractivity contribution >= 4 is 23.2 Å². The van der Waals surface area contributed by atoms with Gasteiger partial charge in [-0.1, -0.05) is 12.1 Å². The van der Waals surface area contributed by atoms with Crippen molar-refractivity contribution < 1.29 is 9.59 Å². The van der Waals surface area contributed by atoms with Crippen molar-refractivity contribution in [3.63, 3.8) is 0 Å². The molecule has 23 heavy (non-hydrogen) atoms. The lowest BCUT2D eigenvalue weighted by molar-refractivity contribution is -0.117. The topological polar surface area (TPSA) is 82.3 Å². The lowest BCUT2D eigenvalue weighted by Gasteiger charge is -2.19. The number of para-hydroxylation sites is 2. The number of nitrogens with zero attached hydrogens (tertiary/aromatic N) is 1. The fourth-order valence-electron chi connectivity index (χ4n) is 2.66. The third-order valence-electron chi connectivity index (χ3n) is 3.82. The molecule has 1 aliphatic heterocycles. The number of nitrogens with one attached hydrogen (secondary N) is 2. The molecule has 1 aromatic carbocycles. The lowest BCUT2D eigenvalue weighted by atomic mass is 10.2. The van der Waals surface area contributed by atoms with Crippen LogP contribution in [0, 0.1) is 6.92 Å². The van der Waals surface area contributed by atoms with Gasteiger partial charge in [-0.2, -0.15) is 0 Å². The number of hydrogen-bond donors (Lipinski definition) is 2. The predicted molar refractivity (Wildman–Crippen MR) is 87.8 cm³/mol. The summed E-state index contributed by atoms with van der Waals surface area (Å²) in [5.74, 6) is -0.453. The highest BCUT2D eigenvalue weighted by Crippen LogP contribution is 2.29. The minimum atomic E-state index is -0.495. The number of H-pyrrole nitrogens is 1. The molecule has 6 heteroatoms. The third kappa shape index (κ3) is 3.01. The van der Waals surface area contributed by atoms with Gasteiger partial charge >= 0.3 is 0 Å². The Morgan fingerprint density at radius 1 is 1.17 bits per heavy atom. The van der Waals surface area contributed by atoms with Crippen LogP contribution in [0.2, 0.25) is 0 Å². The van der Waals surface area contributed by atoms with E-state index in [1.807, 2.05) is 6.07 Å². The first-order valence-electron chi connectivity index (χ1n) is 7.47. The maximum atomic E-state index is 12.4. The fourth-order valence-corrected chi connectivity index (χ4v) is 2.66. The van der Waals surface area contributed by atoms with Gasteiger partial charge in [0, 0.05) is 18.7 Å². The van der Waals surface area contributed by atoms with Gasteiger partial charge < -0.3 is 15.2 Å². The molecule has 0 spiro atoms. The summed E-state index contributed by atoms with van der Waals surface area (Å²) in [4.78, 5) is 40.4. The molecule has 6 nitrogen and oxygen atoms in total. The summed E-state index contributed by atoms with van der Waals surface area (Å²) in [6, 6.07) is 10.3. The van der Waals surface area contributed by atoms with Gasteiger partial charge in [0.05, 0.1) is 11.4 Å². The molecule has 0 saturated carbocycles. The van der Waals surface area contributed by atoms with E-state index < -0.39 is 11.5 Å². The van der Waals surface area contributed by atoms with Gasteiger partial charge in [0.1, 0.15) is 5.56 Å². The van der Waals surface area contributed by atoms with Crippen LogP contribution in [0.1, 0.15) is 28.9 Å². The Morgan fingerprint density at radius 3 is 2.65 bits per heavy atom. The number of rotatable bonds is 3. The Kier molecular flexibility index (Phi) is 3.97. The summed E-state index contributed by atoms with van der Waals surface area (Å²) in [7, 11) is 0. The summed E-state index contributed by atoms with van der Waals surface area (Å²) < 4.78 is 0. The average Bonchev–Trinajstić information content (AvgIpc) is 2.93. The minimum Gasteiger partial charge on any atom is -0.326 e. The molecule has 2 aromatic rings. The standard InChI is InChI=1S/C17H17N3O3/c1-11-8-9-12(16(22)18-11)17(23)19-13-5-2-3-6-14(13)20-10-4-7-15(20)21/h2-3,5-6,8-9H,4,7,10H2,1H3,(H,18,22)(H,19,23). The van der Waals surface area contributed by atoms with Crippen LogP contribution in [-0.2, 0) is 4.79 Å². The van der Waals surface area contributed by atoms with Crippen molar-refractivity contribution in [2.24, 2.45) is 0 Å². The van der Waals surface area contributed by atoms with Gasteiger partial charge in [0.15, 0.2) is 0 Å². The molecule has 3 rings (SSSR count). The molecule has 1 aromatic heterocycles. The van der Waals surface area contributed by atoms with Crippen LogP contribution in [-0.4, -0.2) is 23.3 Å². The SMILES string of the molecule is Cc1ccc(C(=O)Nc2ccccc2N2CCCC2=O)c(=O)[nH]1. The highest BCUT2D eigenvalue weighted by Gasteiger charge is 2.24. The van der Waals surface area contributed by atoms with Crippen molar-refractivity contribution in [2.75, 3.05) is 16.8 Å². The van der Waals surface area contributed by atoms with Gasteiger partial charge in [-0.15, -0.1) is 0 Å². The number of aryl methyl sites for hydroxylation is 1. The van der Waals surface area contributed by atoms with Crippen LogP contribution in [0.25, 0.3) is 0 Å². The van der Waals surface area contributed by atoms with E-state index in [2.05, 4.69) is 10.3 Å². The van der Waals surface area contributed by atoms with Gasteiger partial charge in [-0.3, -0.25) is 14.4 Å². The molecule has 2 amide bonds. The van der Waals surface area contributed by atoms with Crippen molar-refractivity contribution in [1.29, 1.82) is 0 Å². The smallest absolute Gasteiger partial charge is 0.261 e. The number of aromatic nitrogens is 1. The van der Waals surface area contributed by atoms with Gasteiger partial charge in [0.25, 0.3) is 11.5 Å². The van der Waals surface area contributed by atoms with Gasteiger partial charge in [-0.25, -0.2) is 0 Å². The molecular formula is C17H17N3O3. The molecule has 0 radical (unpaired) electrons. The van der Waals surface area contributed by atoms with Crippen LogP contribution >= 0.6 is 0 Å². The first-order chi connectivity index (χ1) is 11.1. The number of carbonyl (C=O) groups excluding carboxylic acids is 2. The monoisotopic (exact) mass is 311 g/mol. The number of amides is 2. The zero-order valence-electron chi connectivity index (χ0n) is 12.8. The number of carbonyl (C=O) groups is 2. The zero-order valence-corrected chi connectivity index (χ0v) is 12.8. The second kappa shape index (κ2) is 6.08. The Morgan fingerprint density at radius 2 is 1.96 bits per heavy atom. The van der Waals surface area contributed by atoms with E-state index in [-0.39, 0.29) is 11.5 Å². The minimum absolute atomic E-state index is 0.0400. The number of aromatic amines is 1. The summed E-state index contributed by atoms with van der Waals surface area (Å²) in [6.07, 6.45) is 1.32.